The minimum absolute atomic E-state index is 0.0667. The standard InChI is InChI=1S/C51H39NS/c1-51(2)47-17-9-7-15-41(47)42-27-24-35(29-48(42)51)52(36-25-28-44-43-16-8-10-18-49(43)53-50(44)30-36)34-22-19-33(20-23-34)45-31-46-37-12-4-3-11-32(37)21-26-40(46)38-13-5-6-14-39(38)45/h3-7,9,11-29,31,50H,8,10,30H2,1-2H3. The topological polar surface area (TPSA) is 3.24 Å². The molecule has 1 atom stereocenters. The molecular formula is C51H39NS. The molecule has 7 aromatic carbocycles. The van der Waals surface area contributed by atoms with Crippen LogP contribution in [0.3, 0.4) is 0 Å². The summed E-state index contributed by atoms with van der Waals surface area (Å²) in [7, 11) is 0. The van der Waals surface area contributed by atoms with Gasteiger partial charge in [-0.3, -0.25) is 0 Å². The van der Waals surface area contributed by atoms with Crippen molar-refractivity contribution < 1.29 is 0 Å². The number of nitrogens with zero attached hydrogens (tertiary/aromatic N) is 1. The van der Waals surface area contributed by atoms with E-state index < -0.39 is 0 Å². The van der Waals surface area contributed by atoms with Gasteiger partial charge < -0.3 is 4.90 Å². The molecule has 0 saturated carbocycles. The van der Waals surface area contributed by atoms with E-state index in [1.165, 1.54) is 98.8 Å². The molecule has 1 saturated heterocycles. The third-order valence-electron chi connectivity index (χ3n) is 12.2. The molecular weight excluding hydrogens is 659 g/mol. The Bertz CT molecular complexity index is 2810. The van der Waals surface area contributed by atoms with Crippen LogP contribution in [0.15, 0.2) is 180 Å². The molecule has 0 radical (unpaired) electrons. The van der Waals surface area contributed by atoms with Crippen LogP contribution in [0.25, 0.3) is 54.6 Å². The van der Waals surface area contributed by atoms with Gasteiger partial charge in [-0.05, 0) is 126 Å². The number of rotatable bonds is 4. The molecule has 0 N–H and O–H groups in total. The molecule has 0 bridgehead atoms. The van der Waals surface area contributed by atoms with Crippen molar-refractivity contribution in [1.82, 2.24) is 0 Å². The molecule has 2 heteroatoms. The molecule has 1 unspecified atom stereocenters. The smallest absolute Gasteiger partial charge is 0.0461 e. The zero-order valence-corrected chi connectivity index (χ0v) is 30.9. The quantitative estimate of drug-likeness (QED) is 0.168. The van der Waals surface area contributed by atoms with Gasteiger partial charge in [0.15, 0.2) is 0 Å². The SMILES string of the molecule is CC1(C)c2ccccc2-c2ccc(N(C3=CC=C4C5=CCCC=C5SC4C3)c3ccc(-c4cc5c6ccccc6ccc5c5ccccc45)cc3)cc21. The Labute approximate surface area is 315 Å². The van der Waals surface area contributed by atoms with Crippen molar-refractivity contribution in [3.05, 3.63) is 191 Å². The van der Waals surface area contributed by atoms with Gasteiger partial charge >= 0.3 is 0 Å². The van der Waals surface area contributed by atoms with E-state index in [2.05, 4.69) is 188 Å². The monoisotopic (exact) mass is 697 g/mol. The third kappa shape index (κ3) is 4.71. The number of fused-ring (bicyclic) bond motifs is 11. The van der Waals surface area contributed by atoms with Crippen molar-refractivity contribution in [2.24, 2.45) is 0 Å². The number of hydrogen-bond donors (Lipinski definition) is 0. The zero-order valence-electron chi connectivity index (χ0n) is 30.1. The fourth-order valence-electron chi connectivity index (χ4n) is 9.57. The summed E-state index contributed by atoms with van der Waals surface area (Å²) in [5, 5.41) is 8.22. The van der Waals surface area contributed by atoms with Gasteiger partial charge in [0.1, 0.15) is 0 Å². The number of anilines is 2. The minimum Gasteiger partial charge on any atom is -0.314 e. The Morgan fingerprint density at radius 2 is 1.28 bits per heavy atom. The molecule has 53 heavy (non-hydrogen) atoms. The maximum absolute atomic E-state index is 2.54. The van der Waals surface area contributed by atoms with Gasteiger partial charge in [0.2, 0.25) is 0 Å². The van der Waals surface area contributed by atoms with Gasteiger partial charge in [-0.15, -0.1) is 11.8 Å². The van der Waals surface area contributed by atoms with E-state index >= 15 is 0 Å². The number of thioether (sulfide) groups is 1. The van der Waals surface area contributed by atoms with Crippen LogP contribution in [0.5, 0.6) is 0 Å². The second kappa shape index (κ2) is 11.7. The van der Waals surface area contributed by atoms with Crippen LogP contribution in [0, 0.1) is 0 Å². The van der Waals surface area contributed by atoms with Crippen molar-refractivity contribution in [3.63, 3.8) is 0 Å². The maximum Gasteiger partial charge on any atom is 0.0461 e. The molecule has 0 aromatic heterocycles. The number of benzene rings is 7. The van der Waals surface area contributed by atoms with Gasteiger partial charge in [0.05, 0.1) is 0 Å². The minimum atomic E-state index is -0.0667. The molecule has 11 rings (SSSR count). The van der Waals surface area contributed by atoms with E-state index in [0.717, 1.165) is 19.3 Å². The van der Waals surface area contributed by atoms with Gasteiger partial charge in [-0.2, -0.15) is 0 Å². The summed E-state index contributed by atoms with van der Waals surface area (Å²) in [5.74, 6) is 0. The van der Waals surface area contributed by atoms with Gasteiger partial charge in [0, 0.05) is 39.1 Å². The van der Waals surface area contributed by atoms with Crippen molar-refractivity contribution in [2.75, 3.05) is 4.90 Å². The fraction of sp³-hybridized carbons (Fsp3) is 0.137. The van der Waals surface area contributed by atoms with Crippen LogP contribution in [0.4, 0.5) is 11.4 Å². The molecule has 3 aliphatic carbocycles. The summed E-state index contributed by atoms with van der Waals surface area (Å²) >= 11 is 2.06. The molecule has 0 spiro atoms. The van der Waals surface area contributed by atoms with Crippen molar-refractivity contribution in [2.45, 2.75) is 43.8 Å². The zero-order chi connectivity index (χ0) is 35.3. The van der Waals surface area contributed by atoms with Gasteiger partial charge in [0.25, 0.3) is 0 Å². The Kier molecular flexibility index (Phi) is 6.85. The summed E-state index contributed by atoms with van der Waals surface area (Å²) in [5.41, 5.74) is 14.7. The van der Waals surface area contributed by atoms with E-state index in [-0.39, 0.29) is 5.41 Å². The van der Waals surface area contributed by atoms with E-state index in [9.17, 15) is 0 Å². The van der Waals surface area contributed by atoms with Crippen molar-refractivity contribution in [3.8, 4) is 22.3 Å². The van der Waals surface area contributed by atoms with Crippen LogP contribution in [0.2, 0.25) is 0 Å². The molecule has 1 aliphatic heterocycles. The molecule has 0 amide bonds. The summed E-state index contributed by atoms with van der Waals surface area (Å²) in [4.78, 5) is 4.01. The molecule has 4 aliphatic rings. The van der Waals surface area contributed by atoms with Gasteiger partial charge in [-0.1, -0.05) is 135 Å². The molecule has 1 heterocycles. The summed E-state index contributed by atoms with van der Waals surface area (Å²) < 4.78 is 0. The Balaban J connectivity index is 1.06. The molecule has 1 nitrogen and oxygen atoms in total. The first-order chi connectivity index (χ1) is 26.0. The summed E-state index contributed by atoms with van der Waals surface area (Å²) in [6.45, 7) is 4.76. The third-order valence-corrected chi connectivity index (χ3v) is 13.5. The highest BCUT2D eigenvalue weighted by atomic mass is 32.2. The van der Waals surface area contributed by atoms with Crippen LogP contribution in [-0.4, -0.2) is 5.25 Å². The van der Waals surface area contributed by atoms with E-state index in [1.807, 2.05) is 0 Å². The van der Waals surface area contributed by atoms with Crippen LogP contribution in [-0.2, 0) is 5.41 Å². The van der Waals surface area contributed by atoms with E-state index in [0.29, 0.717) is 5.25 Å². The highest BCUT2D eigenvalue weighted by Gasteiger charge is 2.37. The summed E-state index contributed by atoms with van der Waals surface area (Å²) in [6, 6.07) is 50.1. The average Bonchev–Trinajstić information content (AvgIpc) is 3.69. The first-order valence-corrected chi connectivity index (χ1v) is 19.9. The maximum atomic E-state index is 2.54. The predicted octanol–water partition coefficient (Wildman–Crippen LogP) is 14.2. The van der Waals surface area contributed by atoms with Gasteiger partial charge in [-0.25, -0.2) is 0 Å². The number of allylic oxidation sites excluding steroid dienone is 6. The first-order valence-electron chi connectivity index (χ1n) is 19.0. The largest absolute Gasteiger partial charge is 0.314 e. The van der Waals surface area contributed by atoms with Crippen LogP contribution in [0.1, 0.15) is 44.2 Å². The van der Waals surface area contributed by atoms with Crippen molar-refractivity contribution in [1.29, 1.82) is 0 Å². The lowest BCUT2D eigenvalue weighted by molar-refractivity contribution is 0.660. The fourth-order valence-corrected chi connectivity index (χ4v) is 11.0. The number of hydrogen-bond acceptors (Lipinski definition) is 2. The molecule has 254 valence electrons. The lowest BCUT2D eigenvalue weighted by atomic mass is 9.82. The lowest BCUT2D eigenvalue weighted by Gasteiger charge is -2.32. The molecule has 1 fully saturated rings. The van der Waals surface area contributed by atoms with E-state index in [4.69, 9.17) is 0 Å². The summed E-state index contributed by atoms with van der Waals surface area (Å²) in [6.07, 6.45) is 13.0. The van der Waals surface area contributed by atoms with Crippen LogP contribution >= 0.6 is 11.8 Å². The highest BCUT2D eigenvalue weighted by Crippen LogP contribution is 2.54. The first kappa shape index (κ1) is 31.0. The Morgan fingerprint density at radius 1 is 0.566 bits per heavy atom. The second-order valence-electron chi connectivity index (χ2n) is 15.5. The second-order valence-corrected chi connectivity index (χ2v) is 16.7. The highest BCUT2D eigenvalue weighted by molar-refractivity contribution is 8.04. The van der Waals surface area contributed by atoms with E-state index in [1.54, 1.807) is 0 Å². The van der Waals surface area contributed by atoms with Crippen LogP contribution < -0.4 is 4.90 Å². The normalized spacial score (nSPS) is 18.1. The average molecular weight is 698 g/mol. The molecule has 7 aromatic rings. The predicted molar refractivity (Wildman–Crippen MR) is 228 cm³/mol. The lowest BCUT2D eigenvalue weighted by Crippen LogP contribution is -2.22. The Morgan fingerprint density at radius 3 is 2.17 bits per heavy atom. The van der Waals surface area contributed by atoms with Crippen molar-refractivity contribution >= 4 is 55.5 Å². The Hall–Kier alpha value is -5.57.